The Morgan fingerprint density at radius 3 is 2.74 bits per heavy atom. The Labute approximate surface area is 116 Å². The van der Waals surface area contributed by atoms with Gasteiger partial charge in [0.2, 0.25) is 5.91 Å². The Morgan fingerprint density at radius 1 is 1.37 bits per heavy atom. The molecule has 0 bridgehead atoms. The zero-order valence-electron chi connectivity index (χ0n) is 12.6. The summed E-state index contributed by atoms with van der Waals surface area (Å²) in [5, 5.41) is 6.37. The number of hydrogen-bond donors (Lipinski definition) is 2. The molecule has 0 spiro atoms. The van der Waals surface area contributed by atoms with Gasteiger partial charge in [-0.05, 0) is 37.4 Å². The monoisotopic (exact) mass is 265 g/mol. The molecule has 108 valence electrons. The number of rotatable bonds is 8. The Morgan fingerprint density at radius 2 is 2.11 bits per heavy atom. The third-order valence-electron chi connectivity index (χ3n) is 3.04. The molecule has 1 aromatic rings. The molecular formula is C15H27N3O. The Bertz CT molecular complexity index is 384. The van der Waals surface area contributed by atoms with E-state index >= 15 is 0 Å². The summed E-state index contributed by atoms with van der Waals surface area (Å²) in [6.45, 7) is 10.7. The van der Waals surface area contributed by atoms with Crippen molar-refractivity contribution in [3.8, 4) is 0 Å². The predicted octanol–water partition coefficient (Wildman–Crippen LogP) is 2.15. The lowest BCUT2D eigenvalue weighted by Gasteiger charge is -2.11. The molecule has 0 aromatic carbocycles. The Hall–Kier alpha value is -1.29. The van der Waals surface area contributed by atoms with E-state index in [9.17, 15) is 4.79 Å². The van der Waals surface area contributed by atoms with E-state index in [2.05, 4.69) is 37.5 Å². The molecule has 0 fully saturated rings. The van der Waals surface area contributed by atoms with Gasteiger partial charge in [-0.15, -0.1) is 0 Å². The van der Waals surface area contributed by atoms with Crippen LogP contribution in [0.2, 0.25) is 0 Å². The van der Waals surface area contributed by atoms with Crippen molar-refractivity contribution in [1.29, 1.82) is 0 Å². The lowest BCUT2D eigenvalue weighted by atomic mass is 10.2. The van der Waals surface area contributed by atoms with Crippen LogP contribution >= 0.6 is 0 Å². The van der Waals surface area contributed by atoms with Crippen LogP contribution in [0.15, 0.2) is 18.5 Å². The Balaban J connectivity index is 2.35. The predicted molar refractivity (Wildman–Crippen MR) is 78.9 cm³/mol. The average Bonchev–Trinajstić information content (AvgIpc) is 2.75. The zero-order chi connectivity index (χ0) is 14.3. The highest BCUT2D eigenvalue weighted by molar-refractivity contribution is 5.76. The van der Waals surface area contributed by atoms with Gasteiger partial charge >= 0.3 is 0 Å². The van der Waals surface area contributed by atoms with Crippen LogP contribution < -0.4 is 10.6 Å². The maximum Gasteiger partial charge on any atom is 0.240 e. The van der Waals surface area contributed by atoms with Crippen molar-refractivity contribution in [2.75, 3.05) is 6.54 Å². The van der Waals surface area contributed by atoms with Crippen LogP contribution in [0, 0.1) is 5.92 Å². The van der Waals surface area contributed by atoms with Crippen molar-refractivity contribution in [3.63, 3.8) is 0 Å². The molecule has 1 rings (SSSR count). The van der Waals surface area contributed by atoms with Gasteiger partial charge in [0.1, 0.15) is 6.54 Å². The highest BCUT2D eigenvalue weighted by Gasteiger charge is 2.06. The molecule has 1 amide bonds. The van der Waals surface area contributed by atoms with Crippen LogP contribution in [0.5, 0.6) is 0 Å². The normalized spacial score (nSPS) is 12.7. The van der Waals surface area contributed by atoms with E-state index in [-0.39, 0.29) is 11.9 Å². The molecule has 0 aliphatic rings. The minimum absolute atomic E-state index is 0.0756. The van der Waals surface area contributed by atoms with E-state index in [4.69, 9.17) is 0 Å². The molecular weight excluding hydrogens is 238 g/mol. The van der Waals surface area contributed by atoms with Crippen molar-refractivity contribution in [2.24, 2.45) is 5.92 Å². The molecule has 0 saturated heterocycles. The summed E-state index contributed by atoms with van der Waals surface area (Å²) in [6, 6.07) is 2.30. The fourth-order valence-electron chi connectivity index (χ4n) is 1.79. The maximum atomic E-state index is 11.7. The smallest absolute Gasteiger partial charge is 0.240 e. The van der Waals surface area contributed by atoms with Crippen molar-refractivity contribution in [2.45, 2.75) is 53.2 Å². The Kier molecular flexibility index (Phi) is 6.64. The van der Waals surface area contributed by atoms with Gasteiger partial charge in [-0.1, -0.05) is 20.8 Å². The van der Waals surface area contributed by atoms with E-state index < -0.39 is 0 Å². The number of nitrogens with one attached hydrogen (secondary N) is 2. The molecule has 0 aliphatic heterocycles. The molecule has 1 atom stereocenters. The van der Waals surface area contributed by atoms with Gasteiger partial charge in [0.05, 0.1) is 0 Å². The number of carbonyl (C=O) groups excluding carboxylic acids is 1. The summed E-state index contributed by atoms with van der Waals surface area (Å²) in [5.41, 5.74) is 1.22. The van der Waals surface area contributed by atoms with Crippen molar-refractivity contribution < 1.29 is 4.79 Å². The standard InChI is InChI=1S/C15H27N3O/c1-5-13(4)17-15(19)11-18-7-6-14(10-18)9-16-8-12(2)3/h6-7,10,12-13,16H,5,8-9,11H2,1-4H3,(H,17,19). The summed E-state index contributed by atoms with van der Waals surface area (Å²) in [7, 11) is 0. The number of amides is 1. The van der Waals surface area contributed by atoms with Gasteiger partial charge in [-0.2, -0.15) is 0 Å². The number of aromatic nitrogens is 1. The molecule has 1 aromatic heterocycles. The molecule has 2 N–H and O–H groups in total. The molecule has 0 radical (unpaired) electrons. The van der Waals surface area contributed by atoms with E-state index in [1.54, 1.807) is 0 Å². The van der Waals surface area contributed by atoms with Crippen LogP contribution in [-0.2, 0) is 17.9 Å². The van der Waals surface area contributed by atoms with E-state index in [0.717, 1.165) is 19.5 Å². The first kappa shape index (κ1) is 15.8. The zero-order valence-corrected chi connectivity index (χ0v) is 12.6. The van der Waals surface area contributed by atoms with Crippen LogP contribution in [0.25, 0.3) is 0 Å². The second kappa shape index (κ2) is 8.00. The van der Waals surface area contributed by atoms with Crippen LogP contribution in [-0.4, -0.2) is 23.1 Å². The van der Waals surface area contributed by atoms with E-state index in [0.29, 0.717) is 12.5 Å². The summed E-state index contributed by atoms with van der Waals surface area (Å²) in [5.74, 6) is 0.732. The van der Waals surface area contributed by atoms with E-state index in [1.807, 2.05) is 23.9 Å². The molecule has 4 nitrogen and oxygen atoms in total. The van der Waals surface area contributed by atoms with Crippen LogP contribution in [0.3, 0.4) is 0 Å². The molecule has 19 heavy (non-hydrogen) atoms. The highest BCUT2D eigenvalue weighted by atomic mass is 16.2. The maximum absolute atomic E-state index is 11.7. The van der Waals surface area contributed by atoms with Crippen molar-refractivity contribution in [3.05, 3.63) is 24.0 Å². The molecule has 1 unspecified atom stereocenters. The summed E-state index contributed by atoms with van der Waals surface area (Å²) in [4.78, 5) is 11.7. The lowest BCUT2D eigenvalue weighted by molar-refractivity contribution is -0.122. The lowest BCUT2D eigenvalue weighted by Crippen LogP contribution is -2.34. The van der Waals surface area contributed by atoms with Gasteiger partial charge in [0, 0.05) is 25.0 Å². The first-order valence-electron chi connectivity index (χ1n) is 7.16. The van der Waals surface area contributed by atoms with E-state index in [1.165, 1.54) is 5.56 Å². The summed E-state index contributed by atoms with van der Waals surface area (Å²) < 4.78 is 1.93. The van der Waals surface area contributed by atoms with Crippen molar-refractivity contribution in [1.82, 2.24) is 15.2 Å². The molecule has 0 aliphatic carbocycles. The third kappa shape index (κ3) is 6.43. The first-order chi connectivity index (χ1) is 9.01. The molecule has 1 heterocycles. The van der Waals surface area contributed by atoms with Gasteiger partial charge in [0.25, 0.3) is 0 Å². The minimum atomic E-state index is 0.0756. The number of hydrogen-bond acceptors (Lipinski definition) is 2. The van der Waals surface area contributed by atoms with Crippen LogP contribution in [0.4, 0.5) is 0 Å². The summed E-state index contributed by atoms with van der Waals surface area (Å²) in [6.07, 6.45) is 4.95. The van der Waals surface area contributed by atoms with Gasteiger partial charge in [-0.25, -0.2) is 0 Å². The quantitative estimate of drug-likeness (QED) is 0.756. The number of nitrogens with zero attached hydrogens (tertiary/aromatic N) is 1. The third-order valence-corrected chi connectivity index (χ3v) is 3.04. The largest absolute Gasteiger partial charge is 0.352 e. The van der Waals surface area contributed by atoms with Crippen molar-refractivity contribution >= 4 is 5.91 Å². The first-order valence-corrected chi connectivity index (χ1v) is 7.16. The molecule has 4 heteroatoms. The fourth-order valence-corrected chi connectivity index (χ4v) is 1.79. The second-order valence-electron chi connectivity index (χ2n) is 5.59. The second-order valence-corrected chi connectivity index (χ2v) is 5.59. The average molecular weight is 265 g/mol. The topological polar surface area (TPSA) is 46.1 Å². The van der Waals surface area contributed by atoms with Gasteiger partial charge < -0.3 is 15.2 Å². The minimum Gasteiger partial charge on any atom is -0.352 e. The SMILES string of the molecule is CCC(C)NC(=O)Cn1ccc(CNCC(C)C)c1. The fraction of sp³-hybridized carbons (Fsp3) is 0.667. The van der Waals surface area contributed by atoms with Gasteiger partial charge in [0.15, 0.2) is 0 Å². The van der Waals surface area contributed by atoms with Crippen LogP contribution in [0.1, 0.15) is 39.7 Å². The number of carbonyl (C=O) groups is 1. The highest BCUT2D eigenvalue weighted by Crippen LogP contribution is 2.02. The molecule has 0 saturated carbocycles. The summed E-state index contributed by atoms with van der Waals surface area (Å²) >= 11 is 0. The van der Waals surface area contributed by atoms with Gasteiger partial charge in [-0.3, -0.25) is 4.79 Å².